The van der Waals surface area contributed by atoms with Crippen molar-refractivity contribution < 1.29 is 13.2 Å². The summed E-state index contributed by atoms with van der Waals surface area (Å²) in [5, 5.41) is 2.70. The second-order valence-electron chi connectivity index (χ2n) is 4.93. The molecular formula is C13H12N5O3PbS. The van der Waals surface area contributed by atoms with E-state index in [4.69, 9.17) is 0 Å². The molecule has 2 N–H and O–H groups in total. The summed E-state index contributed by atoms with van der Waals surface area (Å²) in [4.78, 5) is 23.8. The number of rotatable bonds is 4. The van der Waals surface area contributed by atoms with Gasteiger partial charge in [-0.3, -0.25) is 0 Å². The van der Waals surface area contributed by atoms with Gasteiger partial charge in [0.25, 0.3) is 0 Å². The van der Waals surface area contributed by atoms with E-state index in [2.05, 4.69) is 20.3 Å². The maximum absolute atomic E-state index is 12.1. The number of aromatic amines is 1. The molecule has 3 rings (SSSR count). The van der Waals surface area contributed by atoms with Crippen LogP contribution in [0.4, 0.5) is 0 Å². The number of nitrogens with one attached hydrogen (secondary N) is 2. The van der Waals surface area contributed by atoms with Crippen molar-refractivity contribution in [1.82, 2.24) is 24.2 Å². The molecule has 0 unspecified atom stereocenters. The van der Waals surface area contributed by atoms with Crippen LogP contribution in [0.1, 0.15) is 16.2 Å². The van der Waals surface area contributed by atoms with Crippen LogP contribution in [0.15, 0.2) is 30.6 Å². The first-order valence-electron chi connectivity index (χ1n) is 6.57. The molecule has 3 aromatic heterocycles. The number of imidazole rings is 1. The standard InChI is InChI=1S/C13H12N5O3S.Pb/c1-22(20,21)18-6-4-9(8-18)13(19)15-7-11-16-10-3-2-5-14-12(10)17-11;/h2-4,6,8H,7H2,1H3,(H,15,19)(H,14,16,17);. The fraction of sp³-hybridized carbons (Fsp3) is 0.154. The zero-order chi connectivity index (χ0) is 16.6. The topological polar surface area (TPSA) is 110 Å². The normalized spacial score (nSPS) is 11.7. The number of hydrogen-bond donors (Lipinski definition) is 2. The molecule has 3 heterocycles. The molecule has 0 fully saturated rings. The average Bonchev–Trinajstić information content (AvgIpc) is 3.10. The van der Waals surface area contributed by atoms with Crippen LogP contribution in [0.3, 0.4) is 0 Å². The van der Waals surface area contributed by atoms with Crippen molar-refractivity contribution >= 4 is 56.1 Å². The molecule has 0 aromatic carbocycles. The van der Waals surface area contributed by atoms with Gasteiger partial charge >= 0.3 is 134 Å². The van der Waals surface area contributed by atoms with E-state index in [-0.39, 0.29) is 18.0 Å². The predicted molar refractivity (Wildman–Crippen MR) is 85.1 cm³/mol. The molecule has 0 saturated carbocycles. The molecule has 117 valence electrons. The predicted octanol–water partition coefficient (Wildman–Crippen LogP) is -0.709. The van der Waals surface area contributed by atoms with E-state index < -0.39 is 10.0 Å². The van der Waals surface area contributed by atoms with Crippen LogP contribution in [0.2, 0.25) is 0 Å². The van der Waals surface area contributed by atoms with Crippen molar-refractivity contribution in [2.75, 3.05) is 6.26 Å². The Balaban J connectivity index is 1.71. The summed E-state index contributed by atoms with van der Waals surface area (Å²) in [5.74, 6) is 0.222. The van der Waals surface area contributed by atoms with Crippen LogP contribution >= 0.6 is 0 Å². The first-order valence-corrected chi connectivity index (χ1v) is 10.4. The summed E-state index contributed by atoms with van der Waals surface area (Å²) in [7, 11) is -3.39. The zero-order valence-electron chi connectivity index (χ0n) is 12.1. The van der Waals surface area contributed by atoms with E-state index in [1.54, 1.807) is 0 Å². The molecule has 3 radical (unpaired) electrons. The van der Waals surface area contributed by atoms with E-state index in [0.29, 0.717) is 11.5 Å². The second-order valence-corrected chi connectivity index (χ2v) is 8.81. The molecule has 0 saturated heterocycles. The molecule has 3 aromatic rings. The number of nitrogens with zero attached hydrogens (tertiary/aromatic N) is 3. The zero-order valence-corrected chi connectivity index (χ0v) is 16.8. The van der Waals surface area contributed by atoms with Gasteiger partial charge in [0.2, 0.25) is 0 Å². The summed E-state index contributed by atoms with van der Waals surface area (Å²) in [6, 6.07) is 5.29. The maximum atomic E-state index is 12.1. The van der Waals surface area contributed by atoms with Gasteiger partial charge < -0.3 is 0 Å². The van der Waals surface area contributed by atoms with Crippen molar-refractivity contribution in [3.05, 3.63) is 42.0 Å². The Labute approximate surface area is 148 Å². The number of carbonyl (C=O) groups is 1. The van der Waals surface area contributed by atoms with Gasteiger partial charge in [-0.1, -0.05) is 0 Å². The van der Waals surface area contributed by atoms with E-state index in [0.717, 1.165) is 44.8 Å². The van der Waals surface area contributed by atoms with Gasteiger partial charge in [-0.15, -0.1) is 0 Å². The van der Waals surface area contributed by atoms with Crippen molar-refractivity contribution in [1.29, 1.82) is 0 Å². The number of H-pyrrole nitrogens is 1. The number of carbonyl (C=O) groups excluding carboxylic acids is 1. The monoisotopic (exact) mass is 526 g/mol. The van der Waals surface area contributed by atoms with Gasteiger partial charge in [0.05, 0.1) is 6.26 Å². The van der Waals surface area contributed by atoms with E-state index in [1.807, 2.05) is 12.1 Å². The van der Waals surface area contributed by atoms with Crippen LogP contribution in [-0.2, 0) is 16.6 Å². The van der Waals surface area contributed by atoms with Gasteiger partial charge in [-0.2, -0.15) is 0 Å². The number of fused-ring (bicyclic) bond motifs is 1. The Hall–Kier alpha value is -1.76. The Morgan fingerprint density at radius 1 is 1.35 bits per heavy atom. The van der Waals surface area contributed by atoms with Gasteiger partial charge in [0, 0.05) is 0 Å². The molecule has 23 heavy (non-hydrogen) atoms. The Morgan fingerprint density at radius 2 is 2.13 bits per heavy atom. The Kier molecular flexibility index (Phi) is 4.23. The summed E-state index contributed by atoms with van der Waals surface area (Å²) < 4.78 is 24.8. The van der Waals surface area contributed by atoms with Crippen molar-refractivity contribution in [3.8, 4) is 0 Å². The van der Waals surface area contributed by atoms with Crippen LogP contribution in [-0.4, -0.2) is 65.3 Å². The molecule has 1 amide bonds. The quantitative estimate of drug-likeness (QED) is 0.438. The summed E-state index contributed by atoms with van der Waals surface area (Å²) >= 11 is 0.848. The SMILES string of the molecule is CS(=O)(=O)n1ccc(C(=O)NCc2nc3n[c]([Pb])ccc3[nH]2)c1. The van der Waals surface area contributed by atoms with Gasteiger partial charge in [0.1, 0.15) is 0 Å². The summed E-state index contributed by atoms with van der Waals surface area (Å²) in [5.41, 5.74) is 1.72. The fourth-order valence-corrected chi connectivity index (χ4v) is 3.33. The third-order valence-electron chi connectivity index (χ3n) is 3.12. The number of pyridine rings is 1. The van der Waals surface area contributed by atoms with Crippen LogP contribution < -0.4 is 8.57 Å². The van der Waals surface area contributed by atoms with Gasteiger partial charge in [0.15, 0.2) is 0 Å². The molecule has 8 nitrogen and oxygen atoms in total. The molecule has 10 heteroatoms. The fourth-order valence-electron chi connectivity index (χ4n) is 2.01. The first kappa shape index (κ1) is 16.1. The number of aromatic nitrogens is 4. The second kappa shape index (κ2) is 6.03. The number of amides is 1. The first-order chi connectivity index (χ1) is 10.8. The van der Waals surface area contributed by atoms with Crippen molar-refractivity contribution in [3.63, 3.8) is 0 Å². The molecule has 0 aliphatic heterocycles. The molecule has 0 aliphatic carbocycles. The Bertz CT molecular complexity index is 992. The van der Waals surface area contributed by atoms with Gasteiger partial charge in [-0.05, 0) is 0 Å². The molecule has 0 bridgehead atoms. The molecule has 0 aliphatic rings. The average molecular weight is 526 g/mol. The van der Waals surface area contributed by atoms with E-state index in [1.165, 1.54) is 18.5 Å². The van der Waals surface area contributed by atoms with Crippen LogP contribution in [0, 0.1) is 0 Å². The number of hydrogen-bond acceptors (Lipinski definition) is 5. The minimum atomic E-state index is -3.39. The molecule has 0 spiro atoms. The third-order valence-corrected chi connectivity index (χ3v) is 5.20. The van der Waals surface area contributed by atoms with Crippen molar-refractivity contribution in [2.45, 2.75) is 6.54 Å². The van der Waals surface area contributed by atoms with E-state index in [9.17, 15) is 13.2 Å². The van der Waals surface area contributed by atoms with E-state index >= 15 is 0 Å². The third kappa shape index (κ3) is 3.60. The summed E-state index contributed by atoms with van der Waals surface area (Å²) in [6.45, 7) is 0.204. The van der Waals surface area contributed by atoms with Crippen molar-refractivity contribution in [2.24, 2.45) is 0 Å². The minimum absolute atomic E-state index is 0.204. The summed E-state index contributed by atoms with van der Waals surface area (Å²) in [6.07, 6.45) is 3.68. The van der Waals surface area contributed by atoms with Crippen LogP contribution in [0.5, 0.6) is 0 Å². The van der Waals surface area contributed by atoms with Gasteiger partial charge in [-0.25, -0.2) is 8.42 Å². The van der Waals surface area contributed by atoms with Crippen LogP contribution in [0.25, 0.3) is 11.2 Å². The molecule has 0 atom stereocenters. The molecular weight excluding hydrogens is 513 g/mol. The Morgan fingerprint density at radius 3 is 2.83 bits per heavy atom.